The highest BCUT2D eigenvalue weighted by molar-refractivity contribution is 5.97. The lowest BCUT2D eigenvalue weighted by Gasteiger charge is -2.26. The van der Waals surface area contributed by atoms with E-state index in [1.807, 2.05) is 11.0 Å². The molecule has 0 aliphatic heterocycles. The van der Waals surface area contributed by atoms with Crippen molar-refractivity contribution in [3.05, 3.63) is 69.8 Å². The zero-order chi connectivity index (χ0) is 41.3. The third kappa shape index (κ3) is 14.6. The topological polar surface area (TPSA) is 186 Å². The van der Waals surface area contributed by atoms with Gasteiger partial charge in [-0.05, 0) is 118 Å². The monoisotopic (exact) mass is 759 g/mol. The van der Waals surface area contributed by atoms with E-state index in [1.54, 1.807) is 106 Å². The lowest BCUT2D eigenvalue weighted by Crippen LogP contribution is -2.47. The molecule has 0 radical (unpaired) electrons. The molecule has 1 heterocycles. The van der Waals surface area contributed by atoms with Gasteiger partial charge in [-0.2, -0.15) is 0 Å². The summed E-state index contributed by atoms with van der Waals surface area (Å²) in [6.07, 6.45) is 4.71. The summed E-state index contributed by atoms with van der Waals surface area (Å²) in [7, 11) is 0. The van der Waals surface area contributed by atoms with Crippen LogP contribution in [-0.4, -0.2) is 75.1 Å². The third-order valence-electron chi connectivity index (χ3n) is 7.51. The average Bonchev–Trinajstić information content (AvgIpc) is 3.04. The summed E-state index contributed by atoms with van der Waals surface area (Å²) in [5, 5.41) is 5.65. The molecule has 2 amide bonds. The number of nitrogens with one attached hydrogen (secondary N) is 3. The number of carbonyl (C=O) groups excluding carboxylic acids is 5. The van der Waals surface area contributed by atoms with Gasteiger partial charge in [-0.3, -0.25) is 19.2 Å². The van der Waals surface area contributed by atoms with Crippen LogP contribution in [-0.2, 0) is 39.9 Å². The number of hydrogen-bond donors (Lipinski definition) is 3. The van der Waals surface area contributed by atoms with Crippen molar-refractivity contribution in [1.82, 2.24) is 20.6 Å². The molecular weight excluding hydrogens is 706 g/mol. The maximum atomic E-state index is 13.5. The number of fused-ring (bicyclic) bond motifs is 1. The van der Waals surface area contributed by atoms with Crippen LogP contribution in [0.1, 0.15) is 103 Å². The summed E-state index contributed by atoms with van der Waals surface area (Å²) in [6.45, 7) is 17.3. The molecule has 14 nitrogen and oxygen atoms in total. The maximum absolute atomic E-state index is 13.5. The number of amides is 2. The van der Waals surface area contributed by atoms with E-state index in [-0.39, 0.29) is 30.5 Å². The minimum Gasteiger partial charge on any atom is -0.460 e. The zero-order valence-corrected chi connectivity index (χ0v) is 33.4. The smallest absolute Gasteiger partial charge is 0.329 e. The molecule has 2 atom stereocenters. The summed E-state index contributed by atoms with van der Waals surface area (Å²) < 4.78 is 16.3. The molecule has 0 aliphatic carbocycles. The molecule has 0 unspecified atom stereocenters. The van der Waals surface area contributed by atoms with Crippen molar-refractivity contribution in [3.8, 4) is 12.3 Å². The van der Waals surface area contributed by atoms with Gasteiger partial charge in [-0.1, -0.05) is 12.0 Å². The number of aryl methyl sites for hydroxylation is 1. The molecule has 55 heavy (non-hydrogen) atoms. The summed E-state index contributed by atoms with van der Waals surface area (Å²) in [5.74, 6) is -0.404. The second-order valence-corrected chi connectivity index (χ2v) is 16.2. The number of carbonyl (C=O) groups is 5. The number of aromatic amines is 1. The molecule has 3 N–H and O–H groups in total. The van der Waals surface area contributed by atoms with Crippen LogP contribution >= 0.6 is 0 Å². The van der Waals surface area contributed by atoms with Crippen LogP contribution in [0.4, 0.5) is 5.69 Å². The molecule has 3 aromatic rings. The van der Waals surface area contributed by atoms with E-state index < -0.39 is 65.0 Å². The van der Waals surface area contributed by atoms with Gasteiger partial charge in [-0.15, -0.1) is 6.42 Å². The number of nitrogens with zero attached hydrogens (tertiary/aromatic N) is 2. The Labute approximate surface area is 322 Å². The minimum atomic E-state index is -1.35. The third-order valence-corrected chi connectivity index (χ3v) is 7.51. The fraction of sp³-hybridized carbons (Fsp3) is 0.488. The second-order valence-electron chi connectivity index (χ2n) is 16.2. The first-order chi connectivity index (χ1) is 25.4. The van der Waals surface area contributed by atoms with E-state index in [0.717, 1.165) is 5.56 Å². The highest BCUT2D eigenvalue weighted by atomic mass is 16.6. The normalized spacial score (nSPS) is 12.8. The van der Waals surface area contributed by atoms with E-state index in [9.17, 15) is 28.8 Å². The Morgan fingerprint density at radius 3 is 1.98 bits per heavy atom. The van der Waals surface area contributed by atoms with Crippen molar-refractivity contribution in [2.45, 2.75) is 124 Å². The second kappa shape index (κ2) is 18.1. The molecule has 2 aromatic carbocycles. The minimum absolute atomic E-state index is 0.183. The Balaban J connectivity index is 1.76. The Bertz CT molecular complexity index is 1980. The Morgan fingerprint density at radius 2 is 1.42 bits per heavy atom. The molecule has 3 rings (SSSR count). The Kier molecular flexibility index (Phi) is 14.4. The summed E-state index contributed by atoms with van der Waals surface area (Å²) in [4.78, 5) is 86.9. The predicted molar refractivity (Wildman–Crippen MR) is 208 cm³/mol. The SMILES string of the molecule is C#CCN(Cc1ccc2nc(C)[nH]c(=O)c2c1)c1ccc(C(=O)N[C@@H](CCC(=O)N[C@@H](CC(=O)OC(C)(C)C)C(=O)OC(C)(C)C)C(=O)OC(C)(C)C)cc1. The number of esters is 3. The molecule has 0 spiro atoms. The first-order valence-corrected chi connectivity index (χ1v) is 18.0. The van der Waals surface area contributed by atoms with Gasteiger partial charge in [0.15, 0.2) is 0 Å². The van der Waals surface area contributed by atoms with E-state index in [1.165, 1.54) is 0 Å². The molecule has 0 fully saturated rings. The van der Waals surface area contributed by atoms with Gasteiger partial charge in [0, 0.05) is 24.2 Å². The average molecular weight is 760 g/mol. The van der Waals surface area contributed by atoms with Gasteiger partial charge in [0.1, 0.15) is 34.7 Å². The van der Waals surface area contributed by atoms with Gasteiger partial charge in [0.05, 0.1) is 23.9 Å². The number of hydrogen-bond acceptors (Lipinski definition) is 11. The number of terminal acetylenes is 1. The lowest BCUT2D eigenvalue weighted by molar-refractivity contribution is -0.165. The number of H-pyrrole nitrogens is 1. The van der Waals surface area contributed by atoms with Crippen LogP contribution in [0, 0.1) is 19.3 Å². The molecule has 1 aromatic heterocycles. The van der Waals surface area contributed by atoms with E-state index in [0.29, 0.717) is 29.0 Å². The van der Waals surface area contributed by atoms with Crippen molar-refractivity contribution in [2.24, 2.45) is 0 Å². The van der Waals surface area contributed by atoms with Crippen molar-refractivity contribution in [1.29, 1.82) is 0 Å². The van der Waals surface area contributed by atoms with E-state index >= 15 is 0 Å². The quantitative estimate of drug-likeness (QED) is 0.118. The highest BCUT2D eigenvalue weighted by Crippen LogP contribution is 2.21. The van der Waals surface area contributed by atoms with Crippen LogP contribution in [0.5, 0.6) is 0 Å². The lowest BCUT2D eigenvalue weighted by atomic mass is 10.1. The largest absolute Gasteiger partial charge is 0.460 e. The molecule has 14 heteroatoms. The van der Waals surface area contributed by atoms with Crippen LogP contribution < -0.4 is 21.1 Å². The first kappa shape index (κ1) is 43.7. The first-order valence-electron chi connectivity index (χ1n) is 18.0. The van der Waals surface area contributed by atoms with Crippen LogP contribution in [0.25, 0.3) is 10.9 Å². The number of anilines is 1. The summed E-state index contributed by atoms with van der Waals surface area (Å²) in [6, 6.07) is 9.40. The molecule has 0 aliphatic rings. The fourth-order valence-corrected chi connectivity index (χ4v) is 5.32. The van der Waals surface area contributed by atoms with E-state index in [4.69, 9.17) is 20.6 Å². The number of benzene rings is 2. The highest BCUT2D eigenvalue weighted by Gasteiger charge is 2.32. The van der Waals surface area contributed by atoms with Gasteiger partial charge >= 0.3 is 17.9 Å². The number of rotatable bonds is 14. The molecule has 296 valence electrons. The Hall–Kier alpha value is -5.71. The van der Waals surface area contributed by atoms with Crippen molar-refractivity contribution >= 4 is 46.3 Å². The molecule has 0 saturated carbocycles. The molecule has 0 bridgehead atoms. The van der Waals surface area contributed by atoms with Crippen LogP contribution in [0.2, 0.25) is 0 Å². The maximum Gasteiger partial charge on any atom is 0.329 e. The Morgan fingerprint density at radius 1 is 0.836 bits per heavy atom. The predicted octanol–water partition coefficient (Wildman–Crippen LogP) is 4.65. The zero-order valence-electron chi connectivity index (χ0n) is 33.4. The fourth-order valence-electron chi connectivity index (χ4n) is 5.32. The molecule has 0 saturated heterocycles. The van der Waals surface area contributed by atoms with Crippen molar-refractivity contribution < 1.29 is 38.2 Å². The van der Waals surface area contributed by atoms with Crippen molar-refractivity contribution in [3.63, 3.8) is 0 Å². The molecular formula is C41H53N5O9. The van der Waals surface area contributed by atoms with Gasteiger partial charge in [0.2, 0.25) is 5.91 Å². The van der Waals surface area contributed by atoms with E-state index in [2.05, 4.69) is 26.5 Å². The van der Waals surface area contributed by atoms with Gasteiger partial charge in [-0.25, -0.2) is 14.6 Å². The summed E-state index contributed by atoms with van der Waals surface area (Å²) >= 11 is 0. The number of aromatic nitrogens is 2. The van der Waals surface area contributed by atoms with Gasteiger partial charge < -0.3 is 34.7 Å². The number of ether oxygens (including phenoxy) is 3. The standard InChI is InChI=1S/C41H53N5O9/c1-12-21-46(24-26-13-18-30-29(22-26)36(50)43-25(2)42-30)28-16-14-27(15-17-28)35(49)45-31(37(51)54-40(6,7)8)19-20-33(47)44-32(38(52)55-41(9,10)11)23-34(48)53-39(3,4)5/h1,13-18,22,31-32H,19-21,23-24H2,2-11H3,(H,44,47)(H,45,49)(H,42,43,50)/t31-,32-/m0/s1. The van der Waals surface area contributed by atoms with Crippen molar-refractivity contribution in [2.75, 3.05) is 11.4 Å². The van der Waals surface area contributed by atoms with Crippen LogP contribution in [0.15, 0.2) is 47.3 Å². The summed E-state index contributed by atoms with van der Waals surface area (Å²) in [5.41, 5.74) is -0.513. The van der Waals surface area contributed by atoms with Gasteiger partial charge in [0.25, 0.3) is 11.5 Å². The van der Waals surface area contributed by atoms with Crippen LogP contribution in [0.3, 0.4) is 0 Å².